The quantitative estimate of drug-likeness (QED) is 0.623. The lowest BCUT2D eigenvalue weighted by molar-refractivity contribution is 1.19. The molecule has 0 aliphatic heterocycles. The van der Waals surface area contributed by atoms with Crippen LogP contribution in [0.1, 0.15) is 28.5 Å². The van der Waals surface area contributed by atoms with Gasteiger partial charge in [-0.1, -0.05) is 11.6 Å². The number of aryl methyl sites for hydroxylation is 2. The summed E-state index contributed by atoms with van der Waals surface area (Å²) in [6.07, 6.45) is 3.41. The summed E-state index contributed by atoms with van der Waals surface area (Å²) in [5.41, 5.74) is 5.76. The van der Waals surface area contributed by atoms with E-state index >= 15 is 0 Å². The SMILES string of the molecule is CC1=Cc2cc3sc(C)c(C)c3c(Br)c2C1. The van der Waals surface area contributed by atoms with E-state index in [4.69, 9.17) is 0 Å². The average Bonchev–Trinajstić information content (AvgIpc) is 2.70. The normalized spacial score (nSPS) is 14.4. The lowest BCUT2D eigenvalue weighted by Gasteiger charge is -2.05. The number of fused-ring (bicyclic) bond motifs is 2. The minimum absolute atomic E-state index is 1.10. The van der Waals surface area contributed by atoms with Crippen LogP contribution in [-0.4, -0.2) is 0 Å². The highest BCUT2D eigenvalue weighted by Gasteiger charge is 2.18. The van der Waals surface area contributed by atoms with Gasteiger partial charge in [-0.05, 0) is 65.9 Å². The molecule has 0 saturated carbocycles. The predicted molar refractivity (Wildman–Crippen MR) is 76.4 cm³/mol. The number of allylic oxidation sites excluding steroid dienone is 1. The highest BCUT2D eigenvalue weighted by Crippen LogP contribution is 2.42. The zero-order chi connectivity index (χ0) is 11.4. The van der Waals surface area contributed by atoms with Gasteiger partial charge in [0.15, 0.2) is 0 Å². The van der Waals surface area contributed by atoms with Gasteiger partial charge in [0.2, 0.25) is 0 Å². The summed E-state index contributed by atoms with van der Waals surface area (Å²) in [5.74, 6) is 0. The van der Waals surface area contributed by atoms with Crippen molar-refractivity contribution in [3.63, 3.8) is 0 Å². The van der Waals surface area contributed by atoms with Crippen LogP contribution in [0, 0.1) is 13.8 Å². The molecule has 0 nitrogen and oxygen atoms in total. The first-order valence-electron chi connectivity index (χ1n) is 5.46. The summed E-state index contributed by atoms with van der Waals surface area (Å²) >= 11 is 5.70. The Kier molecular flexibility index (Phi) is 2.27. The molecule has 0 atom stereocenters. The van der Waals surface area contributed by atoms with Crippen LogP contribution in [0.5, 0.6) is 0 Å². The van der Waals surface area contributed by atoms with E-state index in [1.165, 1.54) is 41.7 Å². The van der Waals surface area contributed by atoms with E-state index in [-0.39, 0.29) is 0 Å². The molecule has 0 amide bonds. The lowest BCUT2D eigenvalue weighted by atomic mass is 10.0. The number of hydrogen-bond acceptors (Lipinski definition) is 1. The van der Waals surface area contributed by atoms with Crippen molar-refractivity contribution in [3.05, 3.63) is 37.7 Å². The molecule has 1 aliphatic carbocycles. The molecule has 0 unspecified atom stereocenters. The van der Waals surface area contributed by atoms with Gasteiger partial charge in [0.05, 0.1) is 0 Å². The van der Waals surface area contributed by atoms with E-state index in [2.05, 4.69) is 48.8 Å². The van der Waals surface area contributed by atoms with Gasteiger partial charge in [-0.15, -0.1) is 11.3 Å². The van der Waals surface area contributed by atoms with E-state index in [9.17, 15) is 0 Å². The van der Waals surface area contributed by atoms with Gasteiger partial charge in [-0.3, -0.25) is 0 Å². The van der Waals surface area contributed by atoms with Crippen LogP contribution in [0.3, 0.4) is 0 Å². The number of halogens is 1. The lowest BCUT2D eigenvalue weighted by Crippen LogP contribution is -1.86. The van der Waals surface area contributed by atoms with Gasteiger partial charge in [0.1, 0.15) is 0 Å². The number of thiophene rings is 1. The number of hydrogen-bond donors (Lipinski definition) is 0. The molecule has 0 radical (unpaired) electrons. The molecule has 3 rings (SSSR count). The molecule has 0 bridgehead atoms. The van der Waals surface area contributed by atoms with Gasteiger partial charge < -0.3 is 0 Å². The van der Waals surface area contributed by atoms with Gasteiger partial charge >= 0.3 is 0 Å². The Morgan fingerprint density at radius 3 is 2.75 bits per heavy atom. The average molecular weight is 293 g/mol. The third-order valence-corrected chi connectivity index (χ3v) is 5.42. The van der Waals surface area contributed by atoms with E-state index in [0.717, 1.165) is 6.42 Å². The van der Waals surface area contributed by atoms with Gasteiger partial charge in [0.25, 0.3) is 0 Å². The van der Waals surface area contributed by atoms with Crippen LogP contribution in [0.15, 0.2) is 16.1 Å². The monoisotopic (exact) mass is 292 g/mol. The van der Waals surface area contributed by atoms with Crippen molar-refractivity contribution >= 4 is 43.4 Å². The second kappa shape index (κ2) is 3.44. The van der Waals surface area contributed by atoms with Gasteiger partial charge in [-0.25, -0.2) is 0 Å². The van der Waals surface area contributed by atoms with E-state index < -0.39 is 0 Å². The van der Waals surface area contributed by atoms with Crippen LogP contribution in [0.25, 0.3) is 16.2 Å². The van der Waals surface area contributed by atoms with Crippen molar-refractivity contribution in [3.8, 4) is 0 Å². The second-order valence-corrected chi connectivity index (χ2v) is 6.63. The maximum atomic E-state index is 3.80. The Balaban J connectivity index is 2.43. The molecule has 16 heavy (non-hydrogen) atoms. The Morgan fingerprint density at radius 2 is 2.00 bits per heavy atom. The van der Waals surface area contributed by atoms with Crippen LogP contribution < -0.4 is 0 Å². The topological polar surface area (TPSA) is 0 Å². The molecular formula is C14H13BrS. The molecule has 0 fully saturated rings. The first kappa shape index (κ1) is 10.5. The third kappa shape index (κ3) is 1.33. The van der Waals surface area contributed by atoms with Crippen molar-refractivity contribution in [2.24, 2.45) is 0 Å². The second-order valence-electron chi connectivity index (χ2n) is 4.58. The zero-order valence-electron chi connectivity index (χ0n) is 9.65. The molecule has 1 heterocycles. The van der Waals surface area contributed by atoms with Gasteiger partial charge in [0, 0.05) is 19.4 Å². The van der Waals surface area contributed by atoms with Crippen LogP contribution >= 0.6 is 27.3 Å². The molecule has 0 saturated heterocycles. The number of rotatable bonds is 0. The fraction of sp³-hybridized carbons (Fsp3) is 0.286. The molecule has 2 aromatic rings. The smallest absolute Gasteiger partial charge is 0.0365 e. The molecule has 0 spiro atoms. The minimum atomic E-state index is 1.10. The fourth-order valence-corrected chi connectivity index (χ4v) is 4.58. The fourth-order valence-electron chi connectivity index (χ4n) is 2.44. The summed E-state index contributed by atoms with van der Waals surface area (Å²) in [6.45, 7) is 6.64. The summed E-state index contributed by atoms with van der Waals surface area (Å²) < 4.78 is 2.72. The van der Waals surface area contributed by atoms with Crippen molar-refractivity contribution < 1.29 is 0 Å². The van der Waals surface area contributed by atoms with E-state index in [0.29, 0.717) is 0 Å². The summed E-state index contributed by atoms with van der Waals surface area (Å²) in [4.78, 5) is 1.43. The van der Waals surface area contributed by atoms with Crippen molar-refractivity contribution in [1.29, 1.82) is 0 Å². The van der Waals surface area contributed by atoms with Gasteiger partial charge in [-0.2, -0.15) is 0 Å². The molecule has 1 aromatic heterocycles. The third-order valence-electron chi connectivity index (χ3n) is 3.39. The highest BCUT2D eigenvalue weighted by molar-refractivity contribution is 9.10. The molecule has 2 heteroatoms. The molecule has 1 aliphatic rings. The summed E-state index contributed by atoms with van der Waals surface area (Å²) in [7, 11) is 0. The Morgan fingerprint density at radius 1 is 1.25 bits per heavy atom. The van der Waals surface area contributed by atoms with E-state index in [1.54, 1.807) is 0 Å². The maximum Gasteiger partial charge on any atom is 0.0365 e. The maximum absolute atomic E-state index is 3.80. The molecule has 1 aromatic carbocycles. The Labute approximate surface area is 108 Å². The summed E-state index contributed by atoms with van der Waals surface area (Å²) in [5, 5.41) is 1.42. The predicted octanol–water partition coefficient (Wildman–Crippen LogP) is 5.24. The zero-order valence-corrected chi connectivity index (χ0v) is 12.1. The minimum Gasteiger partial charge on any atom is -0.140 e. The molecular weight excluding hydrogens is 280 g/mol. The van der Waals surface area contributed by atoms with Crippen molar-refractivity contribution in [2.75, 3.05) is 0 Å². The first-order valence-corrected chi connectivity index (χ1v) is 7.07. The van der Waals surface area contributed by atoms with Crippen LogP contribution in [-0.2, 0) is 6.42 Å². The first-order chi connectivity index (χ1) is 7.58. The number of benzene rings is 1. The largest absolute Gasteiger partial charge is 0.140 e. The van der Waals surface area contributed by atoms with Crippen LogP contribution in [0.4, 0.5) is 0 Å². The standard InChI is InChI=1S/C14H13BrS/c1-7-4-10-6-12-13(8(2)9(3)16-12)14(15)11(10)5-7/h4,6H,5H2,1-3H3. The Hall–Kier alpha value is -0.600. The van der Waals surface area contributed by atoms with Crippen molar-refractivity contribution in [2.45, 2.75) is 27.2 Å². The molecule has 82 valence electrons. The van der Waals surface area contributed by atoms with E-state index in [1.807, 2.05) is 11.3 Å². The molecule has 0 N–H and O–H groups in total. The summed E-state index contributed by atoms with van der Waals surface area (Å²) in [6, 6.07) is 2.34. The Bertz CT molecular complexity index is 632. The van der Waals surface area contributed by atoms with Crippen molar-refractivity contribution in [1.82, 2.24) is 0 Å². The highest BCUT2D eigenvalue weighted by atomic mass is 79.9. The van der Waals surface area contributed by atoms with Crippen LogP contribution in [0.2, 0.25) is 0 Å².